The minimum absolute atomic E-state index is 0.281. The van der Waals surface area contributed by atoms with Gasteiger partial charge >= 0.3 is 0 Å². The lowest BCUT2D eigenvalue weighted by molar-refractivity contribution is 0.478. The molecule has 0 aromatic heterocycles. The minimum atomic E-state index is 0.281. The molecule has 1 aliphatic carbocycles. The van der Waals surface area contributed by atoms with Crippen LogP contribution in [-0.2, 0) is 5.41 Å². The highest BCUT2D eigenvalue weighted by atomic mass is 79.9. The van der Waals surface area contributed by atoms with Crippen molar-refractivity contribution in [2.24, 2.45) is 5.73 Å². The topological polar surface area (TPSA) is 26.0 Å². The van der Waals surface area contributed by atoms with Crippen molar-refractivity contribution in [3.63, 3.8) is 0 Å². The maximum absolute atomic E-state index is 5.80. The average molecular weight is 254 g/mol. The highest BCUT2D eigenvalue weighted by Crippen LogP contribution is 2.45. The summed E-state index contributed by atoms with van der Waals surface area (Å²) in [4.78, 5) is 0. The van der Waals surface area contributed by atoms with Gasteiger partial charge in [-0.1, -0.05) is 35.8 Å². The van der Waals surface area contributed by atoms with Crippen LogP contribution in [0.25, 0.3) is 0 Å². The first-order chi connectivity index (χ1) is 6.54. The SMILES string of the molecule is CC1(C)CC(CN)c2ccc(Br)cc21. The molecule has 1 aromatic rings. The van der Waals surface area contributed by atoms with E-state index in [1.807, 2.05) is 0 Å². The van der Waals surface area contributed by atoms with Gasteiger partial charge in [0.25, 0.3) is 0 Å². The Hall–Kier alpha value is -0.340. The van der Waals surface area contributed by atoms with Crippen molar-refractivity contribution in [3.05, 3.63) is 33.8 Å². The van der Waals surface area contributed by atoms with E-state index in [2.05, 4.69) is 48.0 Å². The van der Waals surface area contributed by atoms with Crippen molar-refractivity contribution in [2.75, 3.05) is 6.54 Å². The van der Waals surface area contributed by atoms with Crippen LogP contribution in [0.5, 0.6) is 0 Å². The van der Waals surface area contributed by atoms with E-state index in [0.29, 0.717) is 5.92 Å². The van der Waals surface area contributed by atoms with E-state index in [1.54, 1.807) is 0 Å². The molecule has 0 bridgehead atoms. The fourth-order valence-corrected chi connectivity index (χ4v) is 2.88. The zero-order valence-corrected chi connectivity index (χ0v) is 10.3. The molecule has 1 unspecified atom stereocenters. The van der Waals surface area contributed by atoms with Crippen molar-refractivity contribution >= 4 is 15.9 Å². The third kappa shape index (κ3) is 1.51. The fourth-order valence-electron chi connectivity index (χ4n) is 2.52. The first-order valence-corrected chi connectivity index (χ1v) is 5.84. The number of halogens is 1. The molecule has 1 aromatic carbocycles. The fraction of sp³-hybridized carbons (Fsp3) is 0.500. The lowest BCUT2D eigenvalue weighted by Crippen LogP contribution is -2.15. The number of fused-ring (bicyclic) bond motifs is 1. The van der Waals surface area contributed by atoms with Gasteiger partial charge in [0.1, 0.15) is 0 Å². The molecule has 0 spiro atoms. The molecule has 0 aliphatic heterocycles. The summed E-state index contributed by atoms with van der Waals surface area (Å²) in [6, 6.07) is 6.57. The molecule has 76 valence electrons. The number of benzene rings is 1. The Morgan fingerprint density at radius 1 is 1.50 bits per heavy atom. The predicted molar refractivity (Wildman–Crippen MR) is 63.6 cm³/mol. The van der Waals surface area contributed by atoms with Gasteiger partial charge in [-0.25, -0.2) is 0 Å². The van der Waals surface area contributed by atoms with Crippen molar-refractivity contribution in [1.29, 1.82) is 0 Å². The second-order valence-electron chi connectivity index (χ2n) is 4.75. The predicted octanol–water partition coefficient (Wildman–Crippen LogP) is 3.17. The second kappa shape index (κ2) is 3.35. The van der Waals surface area contributed by atoms with Crippen LogP contribution in [0.3, 0.4) is 0 Å². The Kier molecular flexibility index (Phi) is 2.44. The van der Waals surface area contributed by atoms with E-state index in [4.69, 9.17) is 5.73 Å². The third-order valence-corrected chi connectivity index (χ3v) is 3.72. The molecule has 0 heterocycles. The van der Waals surface area contributed by atoms with Gasteiger partial charge in [-0.05, 0) is 47.6 Å². The van der Waals surface area contributed by atoms with Crippen LogP contribution in [0.1, 0.15) is 37.3 Å². The van der Waals surface area contributed by atoms with Crippen molar-refractivity contribution in [1.82, 2.24) is 0 Å². The van der Waals surface area contributed by atoms with Gasteiger partial charge in [0.2, 0.25) is 0 Å². The molecule has 2 rings (SSSR count). The molecular formula is C12H16BrN. The number of nitrogens with two attached hydrogens (primary N) is 1. The normalized spacial score (nSPS) is 23.6. The van der Waals surface area contributed by atoms with Crippen molar-refractivity contribution in [2.45, 2.75) is 31.6 Å². The van der Waals surface area contributed by atoms with Gasteiger partial charge < -0.3 is 5.73 Å². The monoisotopic (exact) mass is 253 g/mol. The number of hydrogen-bond acceptors (Lipinski definition) is 1. The first kappa shape index (κ1) is 10.2. The van der Waals surface area contributed by atoms with Gasteiger partial charge in [-0.3, -0.25) is 0 Å². The summed E-state index contributed by atoms with van der Waals surface area (Å²) >= 11 is 3.53. The summed E-state index contributed by atoms with van der Waals surface area (Å²) in [5.74, 6) is 0.549. The second-order valence-corrected chi connectivity index (χ2v) is 5.67. The lowest BCUT2D eigenvalue weighted by Gasteiger charge is -2.19. The largest absolute Gasteiger partial charge is 0.330 e. The Morgan fingerprint density at radius 3 is 2.86 bits per heavy atom. The summed E-state index contributed by atoms with van der Waals surface area (Å²) in [5.41, 5.74) is 8.98. The van der Waals surface area contributed by atoms with Crippen LogP contribution in [0, 0.1) is 0 Å². The van der Waals surface area contributed by atoms with E-state index in [9.17, 15) is 0 Å². The molecule has 1 nitrogen and oxygen atoms in total. The zero-order chi connectivity index (χ0) is 10.3. The Labute approximate surface area is 93.8 Å². The zero-order valence-electron chi connectivity index (χ0n) is 8.68. The van der Waals surface area contributed by atoms with E-state index < -0.39 is 0 Å². The number of hydrogen-bond donors (Lipinski definition) is 1. The lowest BCUT2D eigenvalue weighted by atomic mass is 9.86. The third-order valence-electron chi connectivity index (χ3n) is 3.23. The molecule has 1 atom stereocenters. The summed E-state index contributed by atoms with van der Waals surface area (Å²) in [7, 11) is 0. The van der Waals surface area contributed by atoms with Crippen LogP contribution >= 0.6 is 15.9 Å². The highest BCUT2D eigenvalue weighted by Gasteiger charge is 2.35. The van der Waals surface area contributed by atoms with E-state index in [1.165, 1.54) is 22.0 Å². The molecule has 2 heteroatoms. The van der Waals surface area contributed by atoms with Crippen molar-refractivity contribution in [3.8, 4) is 0 Å². The quantitative estimate of drug-likeness (QED) is 0.818. The molecule has 0 saturated heterocycles. The smallest absolute Gasteiger partial charge is 0.0178 e. The minimum Gasteiger partial charge on any atom is -0.330 e. The molecule has 1 aliphatic rings. The molecule has 0 amide bonds. The summed E-state index contributed by atoms with van der Waals surface area (Å²) in [6.45, 7) is 5.36. The number of rotatable bonds is 1. The van der Waals surface area contributed by atoms with Crippen LogP contribution in [0.15, 0.2) is 22.7 Å². The molecule has 0 fully saturated rings. The molecule has 14 heavy (non-hydrogen) atoms. The van der Waals surface area contributed by atoms with Crippen molar-refractivity contribution < 1.29 is 0 Å². The van der Waals surface area contributed by atoms with Crippen LogP contribution in [0.2, 0.25) is 0 Å². The highest BCUT2D eigenvalue weighted by molar-refractivity contribution is 9.10. The molecule has 0 radical (unpaired) electrons. The van der Waals surface area contributed by atoms with Crippen LogP contribution in [0.4, 0.5) is 0 Å². The summed E-state index contributed by atoms with van der Waals surface area (Å²) < 4.78 is 1.17. The Morgan fingerprint density at radius 2 is 2.21 bits per heavy atom. The van der Waals surface area contributed by atoms with E-state index in [0.717, 1.165) is 6.54 Å². The standard InChI is InChI=1S/C12H16BrN/c1-12(2)6-8(7-14)10-4-3-9(13)5-11(10)12/h3-5,8H,6-7,14H2,1-2H3. The Bertz CT molecular complexity index is 357. The van der Waals surface area contributed by atoms with Gasteiger partial charge in [-0.15, -0.1) is 0 Å². The average Bonchev–Trinajstić information content (AvgIpc) is 2.38. The maximum Gasteiger partial charge on any atom is 0.0178 e. The van der Waals surface area contributed by atoms with Gasteiger partial charge in [-0.2, -0.15) is 0 Å². The van der Waals surface area contributed by atoms with E-state index >= 15 is 0 Å². The summed E-state index contributed by atoms with van der Waals surface area (Å²) in [5, 5.41) is 0. The van der Waals surface area contributed by atoms with Gasteiger partial charge in [0.05, 0.1) is 0 Å². The summed E-state index contributed by atoms with van der Waals surface area (Å²) in [6.07, 6.45) is 1.18. The first-order valence-electron chi connectivity index (χ1n) is 5.04. The Balaban J connectivity index is 2.54. The molecular weight excluding hydrogens is 238 g/mol. The maximum atomic E-state index is 5.80. The van der Waals surface area contributed by atoms with Gasteiger partial charge in [0, 0.05) is 4.47 Å². The van der Waals surface area contributed by atoms with E-state index in [-0.39, 0.29) is 5.41 Å². The van der Waals surface area contributed by atoms with Crippen LogP contribution < -0.4 is 5.73 Å². The molecule has 2 N–H and O–H groups in total. The van der Waals surface area contributed by atoms with Crippen LogP contribution in [-0.4, -0.2) is 6.54 Å². The van der Waals surface area contributed by atoms with Gasteiger partial charge in [0.15, 0.2) is 0 Å². The molecule has 0 saturated carbocycles.